The molecule has 0 aliphatic carbocycles. The summed E-state index contributed by atoms with van der Waals surface area (Å²) in [5, 5.41) is 3.09. The fourth-order valence-electron chi connectivity index (χ4n) is 2.31. The van der Waals surface area contributed by atoms with Gasteiger partial charge in [-0.3, -0.25) is 4.99 Å². The number of anilines is 2. The van der Waals surface area contributed by atoms with Gasteiger partial charge in [0.25, 0.3) is 0 Å². The van der Waals surface area contributed by atoms with Crippen molar-refractivity contribution in [3.8, 4) is 0 Å². The summed E-state index contributed by atoms with van der Waals surface area (Å²) in [6, 6.07) is 7.16. The van der Waals surface area contributed by atoms with Crippen molar-refractivity contribution in [3.63, 3.8) is 0 Å². The topological polar surface area (TPSA) is 76.5 Å². The van der Waals surface area contributed by atoms with E-state index in [1.54, 1.807) is 18.3 Å². The molecule has 0 saturated carbocycles. The zero-order chi connectivity index (χ0) is 16.4. The van der Waals surface area contributed by atoms with Crippen LogP contribution in [0.1, 0.15) is 29.8 Å². The highest BCUT2D eigenvalue weighted by Crippen LogP contribution is 2.30. The summed E-state index contributed by atoms with van der Waals surface area (Å²) in [4.78, 5) is 24.4. The summed E-state index contributed by atoms with van der Waals surface area (Å²) in [5.41, 5.74) is 2.69. The first-order chi connectivity index (χ1) is 11.0. The van der Waals surface area contributed by atoms with Crippen molar-refractivity contribution < 1.29 is 9.53 Å². The molecule has 118 valence electrons. The Morgan fingerprint density at radius 2 is 2.00 bits per heavy atom. The highest BCUT2D eigenvalue weighted by atomic mass is 16.5. The van der Waals surface area contributed by atoms with Gasteiger partial charge >= 0.3 is 5.97 Å². The minimum atomic E-state index is -0.397. The van der Waals surface area contributed by atoms with Gasteiger partial charge in [0, 0.05) is 23.5 Å². The van der Waals surface area contributed by atoms with E-state index in [9.17, 15) is 4.79 Å². The first-order valence-corrected chi connectivity index (χ1v) is 7.32. The van der Waals surface area contributed by atoms with Crippen LogP contribution in [0.2, 0.25) is 0 Å². The van der Waals surface area contributed by atoms with Crippen LogP contribution in [0, 0.1) is 0 Å². The van der Waals surface area contributed by atoms with E-state index in [0.717, 1.165) is 12.1 Å². The van der Waals surface area contributed by atoms with E-state index in [4.69, 9.17) is 4.74 Å². The van der Waals surface area contributed by atoms with Crippen molar-refractivity contribution in [1.29, 1.82) is 0 Å². The van der Waals surface area contributed by atoms with Gasteiger partial charge in [-0.25, -0.2) is 14.8 Å². The molecule has 23 heavy (non-hydrogen) atoms. The van der Waals surface area contributed by atoms with Crippen molar-refractivity contribution in [3.05, 3.63) is 47.8 Å². The van der Waals surface area contributed by atoms with E-state index in [2.05, 4.69) is 34.1 Å². The third-order valence-electron chi connectivity index (χ3n) is 3.96. The summed E-state index contributed by atoms with van der Waals surface area (Å²) < 4.78 is 4.70. The molecule has 0 unspecified atom stereocenters. The zero-order valence-electron chi connectivity index (χ0n) is 13.3. The number of carbonyl (C=O) groups excluding carboxylic acids is 1. The molecule has 1 aliphatic rings. The lowest BCUT2D eigenvalue weighted by Gasteiger charge is -2.20. The summed E-state index contributed by atoms with van der Waals surface area (Å²) in [5.74, 6) is 0.807. The van der Waals surface area contributed by atoms with E-state index in [1.165, 1.54) is 12.8 Å². The van der Waals surface area contributed by atoms with Crippen LogP contribution in [0.15, 0.2) is 41.7 Å². The number of carbonyl (C=O) groups is 1. The monoisotopic (exact) mass is 310 g/mol. The quantitative estimate of drug-likeness (QED) is 0.859. The Hall–Kier alpha value is -2.76. The first-order valence-electron chi connectivity index (χ1n) is 7.32. The van der Waals surface area contributed by atoms with Gasteiger partial charge in [0.1, 0.15) is 11.6 Å². The second-order valence-corrected chi connectivity index (χ2v) is 5.87. The molecule has 0 spiro atoms. The average molecular weight is 310 g/mol. The second kappa shape index (κ2) is 5.79. The molecule has 1 N–H and O–H groups in total. The number of pyridine rings is 2. The number of nitrogens with zero attached hydrogens (tertiary/aromatic N) is 3. The SMILES string of the molecule is COC(=O)c1ccnc(Nc2ccc(C(C)(C)C3=NC3)cn2)c1. The third kappa shape index (κ3) is 3.21. The molecule has 0 atom stereocenters. The Kier molecular flexibility index (Phi) is 3.82. The number of nitrogens with one attached hydrogen (secondary N) is 1. The lowest BCUT2D eigenvalue weighted by atomic mass is 9.83. The Morgan fingerprint density at radius 3 is 2.61 bits per heavy atom. The maximum Gasteiger partial charge on any atom is 0.338 e. The van der Waals surface area contributed by atoms with Crippen LogP contribution >= 0.6 is 0 Å². The summed E-state index contributed by atoms with van der Waals surface area (Å²) in [6.07, 6.45) is 3.39. The van der Waals surface area contributed by atoms with Crippen LogP contribution in [0.25, 0.3) is 0 Å². The summed E-state index contributed by atoms with van der Waals surface area (Å²) in [7, 11) is 1.35. The minimum Gasteiger partial charge on any atom is -0.465 e. The van der Waals surface area contributed by atoms with E-state index < -0.39 is 5.97 Å². The van der Waals surface area contributed by atoms with Gasteiger partial charge < -0.3 is 10.1 Å². The number of hydrogen-bond acceptors (Lipinski definition) is 6. The van der Waals surface area contributed by atoms with Gasteiger partial charge in [-0.2, -0.15) is 0 Å². The van der Waals surface area contributed by atoms with Gasteiger partial charge in [-0.15, -0.1) is 0 Å². The zero-order valence-corrected chi connectivity index (χ0v) is 13.3. The van der Waals surface area contributed by atoms with Gasteiger partial charge in [0.05, 0.1) is 19.2 Å². The fraction of sp³-hybridized carbons (Fsp3) is 0.294. The second-order valence-electron chi connectivity index (χ2n) is 5.87. The smallest absolute Gasteiger partial charge is 0.338 e. The Labute approximate surface area is 134 Å². The molecule has 6 nitrogen and oxygen atoms in total. The van der Waals surface area contributed by atoms with Crippen molar-refractivity contribution in [1.82, 2.24) is 9.97 Å². The van der Waals surface area contributed by atoms with E-state index in [-0.39, 0.29) is 5.41 Å². The Bertz CT molecular complexity index is 766. The van der Waals surface area contributed by atoms with Gasteiger partial charge in [-0.05, 0) is 23.8 Å². The molecule has 0 fully saturated rings. The number of methoxy groups -OCH3 is 1. The van der Waals surface area contributed by atoms with E-state index >= 15 is 0 Å². The maximum absolute atomic E-state index is 11.5. The van der Waals surface area contributed by atoms with Gasteiger partial charge in [0.15, 0.2) is 0 Å². The van der Waals surface area contributed by atoms with Crippen LogP contribution in [0.4, 0.5) is 11.6 Å². The molecule has 2 aromatic rings. The van der Waals surface area contributed by atoms with Crippen LogP contribution in [-0.4, -0.2) is 35.3 Å². The maximum atomic E-state index is 11.5. The average Bonchev–Trinajstić information content (AvgIpc) is 3.40. The molecule has 6 heteroatoms. The molecule has 0 bridgehead atoms. The molecule has 0 amide bonds. The van der Waals surface area contributed by atoms with Crippen LogP contribution < -0.4 is 5.32 Å². The minimum absolute atomic E-state index is 0.0748. The number of hydrogen-bond donors (Lipinski definition) is 1. The lowest BCUT2D eigenvalue weighted by Crippen LogP contribution is -2.23. The predicted molar refractivity (Wildman–Crippen MR) is 88.4 cm³/mol. The lowest BCUT2D eigenvalue weighted by molar-refractivity contribution is 0.0600. The van der Waals surface area contributed by atoms with Crippen molar-refractivity contribution in [2.45, 2.75) is 19.3 Å². The highest BCUT2D eigenvalue weighted by Gasteiger charge is 2.32. The summed E-state index contributed by atoms with van der Waals surface area (Å²) >= 11 is 0. The van der Waals surface area contributed by atoms with Crippen molar-refractivity contribution >= 4 is 23.3 Å². The van der Waals surface area contributed by atoms with E-state index in [1.807, 2.05) is 18.3 Å². The van der Waals surface area contributed by atoms with Crippen LogP contribution in [0.3, 0.4) is 0 Å². The fourth-order valence-corrected chi connectivity index (χ4v) is 2.31. The number of aliphatic imine (C=N–C) groups is 1. The van der Waals surface area contributed by atoms with Gasteiger partial charge in [0.2, 0.25) is 0 Å². The molecule has 2 aromatic heterocycles. The number of ether oxygens (including phenoxy) is 1. The molecular formula is C17H18N4O2. The molecular weight excluding hydrogens is 292 g/mol. The Balaban J connectivity index is 1.76. The Morgan fingerprint density at radius 1 is 1.22 bits per heavy atom. The third-order valence-corrected chi connectivity index (χ3v) is 3.96. The molecule has 0 saturated heterocycles. The molecule has 3 rings (SSSR count). The van der Waals surface area contributed by atoms with Gasteiger partial charge in [-0.1, -0.05) is 19.9 Å². The molecule has 1 aliphatic heterocycles. The molecule has 0 radical (unpaired) electrons. The first kappa shape index (κ1) is 15.1. The predicted octanol–water partition coefficient (Wildman–Crippen LogP) is 2.74. The van der Waals surface area contributed by atoms with Crippen LogP contribution in [0.5, 0.6) is 0 Å². The molecule has 0 aromatic carbocycles. The number of aromatic nitrogens is 2. The molecule has 3 heterocycles. The normalized spacial score (nSPS) is 13.3. The number of esters is 1. The highest BCUT2D eigenvalue weighted by molar-refractivity contribution is 6.04. The van der Waals surface area contributed by atoms with Crippen molar-refractivity contribution in [2.75, 3.05) is 19.0 Å². The number of rotatable bonds is 5. The van der Waals surface area contributed by atoms with Crippen molar-refractivity contribution in [2.24, 2.45) is 4.99 Å². The standard InChI is InChI=1S/C17H18N4O2/c1-17(2,13-10-19-13)12-4-5-14(20-9-12)21-15-8-11(6-7-18-15)16(22)23-3/h4-9H,10H2,1-3H3,(H,18,20,21). The largest absolute Gasteiger partial charge is 0.465 e. The summed E-state index contributed by atoms with van der Waals surface area (Å²) in [6.45, 7) is 5.13. The van der Waals surface area contributed by atoms with E-state index in [0.29, 0.717) is 17.2 Å². The van der Waals surface area contributed by atoms with Crippen LogP contribution in [-0.2, 0) is 10.2 Å².